The lowest BCUT2D eigenvalue weighted by molar-refractivity contribution is 0.575. The lowest BCUT2D eigenvalue weighted by Gasteiger charge is -2.27. The van der Waals surface area contributed by atoms with Gasteiger partial charge in [0.1, 0.15) is 15.9 Å². The summed E-state index contributed by atoms with van der Waals surface area (Å²) in [5.41, 5.74) is 1.60. The van der Waals surface area contributed by atoms with E-state index in [1.807, 2.05) is 0 Å². The number of imidazole rings is 2. The molecule has 0 saturated carbocycles. The number of aromatic nitrogens is 6. The fourth-order valence-corrected chi connectivity index (χ4v) is 3.61. The van der Waals surface area contributed by atoms with Crippen molar-refractivity contribution >= 4 is 44.4 Å². The molecule has 4 aromatic rings. The molecular weight excluding hydrogens is 429 g/mol. The second kappa shape index (κ2) is 6.99. The van der Waals surface area contributed by atoms with Gasteiger partial charge in [0.25, 0.3) is 0 Å². The highest BCUT2D eigenvalue weighted by atomic mass is 79.9. The summed E-state index contributed by atoms with van der Waals surface area (Å²) in [4.78, 5) is 18.6. The molecule has 1 aliphatic rings. The van der Waals surface area contributed by atoms with Crippen LogP contribution in [0.2, 0.25) is 0 Å². The van der Waals surface area contributed by atoms with E-state index in [0.29, 0.717) is 40.8 Å². The Morgan fingerprint density at radius 2 is 2.07 bits per heavy atom. The van der Waals surface area contributed by atoms with Crippen LogP contribution in [0.15, 0.2) is 29.0 Å². The minimum atomic E-state index is -0.345. The summed E-state index contributed by atoms with van der Waals surface area (Å²) in [6.45, 7) is 3.80. The first-order valence-corrected chi connectivity index (χ1v) is 9.72. The van der Waals surface area contributed by atoms with E-state index >= 15 is 0 Å². The van der Waals surface area contributed by atoms with E-state index in [1.165, 1.54) is 6.07 Å². The number of anilines is 2. The predicted octanol–water partition coefficient (Wildman–Crippen LogP) is 1.92. The zero-order chi connectivity index (χ0) is 19.1. The molecule has 1 saturated heterocycles. The molecule has 0 radical (unpaired) electrons. The van der Waals surface area contributed by atoms with Gasteiger partial charge in [-0.05, 0) is 28.1 Å². The van der Waals surface area contributed by atoms with Gasteiger partial charge in [-0.1, -0.05) is 6.07 Å². The van der Waals surface area contributed by atoms with Crippen LogP contribution < -0.4 is 15.5 Å². The van der Waals surface area contributed by atoms with Gasteiger partial charge in [0.05, 0.1) is 18.3 Å². The second-order valence-corrected chi connectivity index (χ2v) is 7.30. The van der Waals surface area contributed by atoms with Gasteiger partial charge in [-0.3, -0.25) is 0 Å². The molecule has 0 spiro atoms. The number of H-pyrrole nitrogens is 1. The number of rotatable bonds is 4. The molecule has 1 fully saturated rings. The van der Waals surface area contributed by atoms with Crippen LogP contribution in [0.25, 0.3) is 16.7 Å². The number of fused-ring (bicyclic) bond motifs is 2. The first-order chi connectivity index (χ1) is 13.7. The Hall–Kier alpha value is -2.79. The molecular formula is C17H17BrFN9. The number of hydrogen-bond donors (Lipinski definition) is 3. The third kappa shape index (κ3) is 3.06. The van der Waals surface area contributed by atoms with Crippen LogP contribution in [0, 0.1) is 5.82 Å². The fraction of sp³-hybridized carbons (Fsp3) is 0.294. The quantitative estimate of drug-likeness (QED) is 0.441. The number of piperazine rings is 1. The summed E-state index contributed by atoms with van der Waals surface area (Å²) in [5.74, 6) is 1.50. The van der Waals surface area contributed by atoms with Gasteiger partial charge in [-0.15, -0.1) is 5.10 Å². The highest BCUT2D eigenvalue weighted by molar-refractivity contribution is 9.10. The molecule has 0 bridgehead atoms. The Bertz CT molecular complexity index is 1150. The molecule has 1 aromatic carbocycles. The molecule has 1 aliphatic heterocycles. The van der Waals surface area contributed by atoms with Crippen LogP contribution in [0.1, 0.15) is 5.82 Å². The Balaban J connectivity index is 1.47. The summed E-state index contributed by atoms with van der Waals surface area (Å²) in [6.07, 6.45) is 1.69. The maximum atomic E-state index is 13.9. The van der Waals surface area contributed by atoms with Crippen LogP contribution in [0.4, 0.5) is 16.2 Å². The highest BCUT2D eigenvalue weighted by Gasteiger charge is 2.18. The molecule has 3 N–H and O–H groups in total. The Morgan fingerprint density at radius 3 is 2.89 bits per heavy atom. The SMILES string of the molecule is Fc1cccc2[nH]c(CNc3nc(N4CCNCC4)nn4c(Br)cnc34)nc12. The summed E-state index contributed by atoms with van der Waals surface area (Å²) in [7, 11) is 0. The van der Waals surface area contributed by atoms with Crippen LogP contribution >= 0.6 is 15.9 Å². The third-order valence-electron chi connectivity index (χ3n) is 4.64. The van der Waals surface area contributed by atoms with E-state index in [9.17, 15) is 4.39 Å². The maximum Gasteiger partial charge on any atom is 0.245 e. The van der Waals surface area contributed by atoms with Gasteiger partial charge in [0.2, 0.25) is 5.95 Å². The topological polar surface area (TPSA) is 99.1 Å². The van der Waals surface area contributed by atoms with Gasteiger partial charge >= 0.3 is 0 Å². The third-order valence-corrected chi connectivity index (χ3v) is 5.19. The lowest BCUT2D eigenvalue weighted by atomic mass is 10.3. The zero-order valence-electron chi connectivity index (χ0n) is 14.8. The second-order valence-electron chi connectivity index (χ2n) is 6.49. The van der Waals surface area contributed by atoms with Crippen molar-refractivity contribution in [2.45, 2.75) is 6.54 Å². The van der Waals surface area contributed by atoms with E-state index in [1.54, 1.807) is 22.8 Å². The van der Waals surface area contributed by atoms with Crippen LogP contribution in [-0.4, -0.2) is 55.7 Å². The molecule has 9 nitrogen and oxygen atoms in total. The van der Waals surface area contributed by atoms with Crippen molar-refractivity contribution < 1.29 is 4.39 Å². The van der Waals surface area contributed by atoms with Gasteiger partial charge in [0.15, 0.2) is 17.3 Å². The van der Waals surface area contributed by atoms with Crippen molar-refractivity contribution in [3.8, 4) is 0 Å². The maximum absolute atomic E-state index is 13.9. The van der Waals surface area contributed by atoms with Crippen molar-refractivity contribution in [2.24, 2.45) is 0 Å². The van der Waals surface area contributed by atoms with Gasteiger partial charge in [-0.25, -0.2) is 14.4 Å². The number of aromatic amines is 1. The zero-order valence-corrected chi connectivity index (χ0v) is 16.4. The number of benzene rings is 1. The predicted molar refractivity (Wildman–Crippen MR) is 107 cm³/mol. The molecule has 144 valence electrons. The molecule has 11 heteroatoms. The van der Waals surface area contributed by atoms with Gasteiger partial charge < -0.3 is 20.5 Å². The molecule has 0 atom stereocenters. The van der Waals surface area contributed by atoms with Crippen molar-refractivity contribution in [1.29, 1.82) is 0 Å². The monoisotopic (exact) mass is 445 g/mol. The van der Waals surface area contributed by atoms with Crippen LogP contribution in [0.5, 0.6) is 0 Å². The van der Waals surface area contributed by atoms with Crippen molar-refractivity contribution in [3.05, 3.63) is 40.6 Å². The van der Waals surface area contributed by atoms with E-state index in [-0.39, 0.29) is 5.82 Å². The van der Waals surface area contributed by atoms with Crippen molar-refractivity contribution in [3.63, 3.8) is 0 Å². The largest absolute Gasteiger partial charge is 0.360 e. The first-order valence-electron chi connectivity index (χ1n) is 8.93. The van der Waals surface area contributed by atoms with Gasteiger partial charge in [-0.2, -0.15) is 9.50 Å². The van der Waals surface area contributed by atoms with E-state index in [2.05, 4.69) is 56.5 Å². The lowest BCUT2D eigenvalue weighted by Crippen LogP contribution is -2.44. The Labute approximate surface area is 167 Å². The smallest absolute Gasteiger partial charge is 0.245 e. The average molecular weight is 446 g/mol. The summed E-state index contributed by atoms with van der Waals surface area (Å²) in [5, 5.41) is 11.2. The first kappa shape index (κ1) is 17.3. The number of halogens is 2. The summed E-state index contributed by atoms with van der Waals surface area (Å²) < 4.78 is 16.3. The molecule has 0 amide bonds. The summed E-state index contributed by atoms with van der Waals surface area (Å²) >= 11 is 3.48. The highest BCUT2D eigenvalue weighted by Crippen LogP contribution is 2.22. The number of nitrogens with zero attached hydrogens (tertiary/aromatic N) is 6. The number of para-hydroxylation sites is 1. The van der Waals surface area contributed by atoms with Crippen molar-refractivity contribution in [2.75, 3.05) is 36.4 Å². The Morgan fingerprint density at radius 1 is 1.21 bits per heavy atom. The minimum absolute atomic E-state index is 0.331. The van der Waals surface area contributed by atoms with Crippen LogP contribution in [-0.2, 0) is 6.54 Å². The summed E-state index contributed by atoms with van der Waals surface area (Å²) in [6, 6.07) is 4.85. The average Bonchev–Trinajstić information content (AvgIpc) is 3.31. The minimum Gasteiger partial charge on any atom is -0.360 e. The Kier molecular flexibility index (Phi) is 4.32. The molecule has 4 heterocycles. The van der Waals surface area contributed by atoms with E-state index in [4.69, 9.17) is 0 Å². The molecule has 0 aliphatic carbocycles. The molecule has 3 aromatic heterocycles. The fourth-order valence-electron chi connectivity index (χ4n) is 3.26. The number of hydrogen-bond acceptors (Lipinski definition) is 7. The van der Waals surface area contributed by atoms with Crippen LogP contribution in [0.3, 0.4) is 0 Å². The number of nitrogens with one attached hydrogen (secondary N) is 3. The normalized spacial score (nSPS) is 14.9. The van der Waals surface area contributed by atoms with Crippen molar-refractivity contribution in [1.82, 2.24) is 34.9 Å². The molecule has 28 heavy (non-hydrogen) atoms. The molecule has 5 rings (SSSR count). The molecule has 0 unspecified atom stereocenters. The standard InChI is InChI=1S/C17H17BrFN9/c18-12-8-22-16-15(25-17(26-28(12)16)27-6-4-20-5-7-27)21-9-13-23-11-3-1-2-10(19)14(11)24-13/h1-3,8,20H,4-7,9H2,(H,23,24)(H,21,25,26). The van der Waals surface area contributed by atoms with Gasteiger partial charge in [0, 0.05) is 26.2 Å². The van der Waals surface area contributed by atoms with E-state index in [0.717, 1.165) is 30.8 Å². The van der Waals surface area contributed by atoms with E-state index < -0.39 is 0 Å².